The molecule has 0 aliphatic heterocycles. The molecule has 0 bridgehead atoms. The number of esters is 1. The molecule has 29 heavy (non-hydrogen) atoms. The number of anilines is 1. The van der Waals surface area contributed by atoms with Crippen LogP contribution in [0.3, 0.4) is 0 Å². The summed E-state index contributed by atoms with van der Waals surface area (Å²) in [5, 5.41) is 14.3. The molecule has 0 fully saturated rings. The van der Waals surface area contributed by atoms with E-state index in [-0.39, 0.29) is 17.2 Å². The molecule has 1 aromatic heterocycles. The summed E-state index contributed by atoms with van der Waals surface area (Å²) >= 11 is 1.37. The number of carbonyl (C=O) groups excluding carboxylic acids is 1. The summed E-state index contributed by atoms with van der Waals surface area (Å²) in [6, 6.07) is 10.8. The Hall–Kier alpha value is -3.09. The van der Waals surface area contributed by atoms with Crippen LogP contribution in [0, 0.1) is 10.1 Å². The second-order valence-electron chi connectivity index (χ2n) is 5.75. The van der Waals surface area contributed by atoms with Gasteiger partial charge in [0.1, 0.15) is 23.8 Å². The van der Waals surface area contributed by atoms with Gasteiger partial charge in [0.2, 0.25) is 10.0 Å². The minimum atomic E-state index is -4.14. The first-order valence-corrected chi connectivity index (χ1v) is 10.6. The highest BCUT2D eigenvalue weighted by molar-refractivity contribution is 7.89. The van der Waals surface area contributed by atoms with Gasteiger partial charge in [0.05, 0.1) is 20.0 Å². The van der Waals surface area contributed by atoms with E-state index in [0.717, 1.165) is 16.3 Å². The Bertz CT molecular complexity index is 1140. The fraction of sp³-hybridized carbons (Fsp3) is 0.176. The number of sulfonamides is 1. The minimum absolute atomic E-state index is 0.0811. The van der Waals surface area contributed by atoms with E-state index in [1.807, 2.05) is 24.3 Å². The maximum absolute atomic E-state index is 12.3. The van der Waals surface area contributed by atoms with Crippen LogP contribution in [0.2, 0.25) is 0 Å². The number of rotatable bonds is 8. The molecule has 12 heteroatoms. The van der Waals surface area contributed by atoms with Crippen LogP contribution in [0.4, 0.5) is 11.4 Å². The number of benzene rings is 2. The van der Waals surface area contributed by atoms with Gasteiger partial charge in [-0.05, 0) is 24.3 Å². The molecule has 2 N–H and O–H groups in total. The average Bonchev–Trinajstić information content (AvgIpc) is 3.13. The quantitative estimate of drug-likeness (QED) is 0.311. The lowest BCUT2D eigenvalue weighted by Gasteiger charge is -2.08. The van der Waals surface area contributed by atoms with E-state index in [1.165, 1.54) is 30.5 Å². The lowest BCUT2D eigenvalue weighted by atomic mass is 10.3. The Balaban J connectivity index is 1.61. The molecule has 0 aliphatic carbocycles. The fourth-order valence-corrected chi connectivity index (χ4v) is 4.32. The molecule has 0 amide bonds. The Morgan fingerprint density at radius 3 is 2.72 bits per heavy atom. The number of nitrogens with one attached hydrogen (secondary N) is 2. The number of hydrogen-bond donors (Lipinski definition) is 2. The number of thiazole rings is 1. The van der Waals surface area contributed by atoms with E-state index in [0.29, 0.717) is 5.01 Å². The monoisotopic (exact) mass is 436 g/mol. The van der Waals surface area contributed by atoms with Crippen LogP contribution in [-0.4, -0.2) is 37.9 Å². The van der Waals surface area contributed by atoms with Crippen LogP contribution in [0.15, 0.2) is 47.4 Å². The third-order valence-electron chi connectivity index (χ3n) is 3.85. The Labute approximate surface area is 169 Å². The Kier molecular flexibility index (Phi) is 6.06. The number of aromatic nitrogens is 1. The van der Waals surface area contributed by atoms with Crippen LogP contribution < -0.4 is 10.0 Å². The second-order valence-corrected chi connectivity index (χ2v) is 8.63. The van der Waals surface area contributed by atoms with Crippen molar-refractivity contribution in [3.8, 4) is 0 Å². The van der Waals surface area contributed by atoms with Gasteiger partial charge in [-0.15, -0.1) is 11.3 Å². The minimum Gasteiger partial charge on any atom is -0.457 e. The first kappa shape index (κ1) is 20.6. The van der Waals surface area contributed by atoms with Gasteiger partial charge in [-0.1, -0.05) is 12.1 Å². The zero-order valence-electron chi connectivity index (χ0n) is 15.1. The van der Waals surface area contributed by atoms with E-state index in [9.17, 15) is 23.3 Å². The standard InChI is InChI=1S/C17H16N4O6S2/c1-18-12-7-6-11(8-14(12)21(23)24)29(25,26)19-9-17(22)27-10-16-20-13-4-2-3-5-15(13)28-16/h2-8,18-19H,9-10H2,1H3. The van der Waals surface area contributed by atoms with Gasteiger partial charge >= 0.3 is 5.97 Å². The number of carbonyl (C=O) groups is 1. The van der Waals surface area contributed by atoms with E-state index < -0.39 is 33.1 Å². The van der Waals surface area contributed by atoms with Crippen molar-refractivity contribution >= 4 is 48.9 Å². The van der Waals surface area contributed by atoms with Crippen LogP contribution >= 0.6 is 11.3 Å². The fourth-order valence-electron chi connectivity index (χ4n) is 2.45. The molecule has 0 unspecified atom stereocenters. The van der Waals surface area contributed by atoms with Crippen LogP contribution in [0.25, 0.3) is 10.2 Å². The normalized spacial score (nSPS) is 11.3. The van der Waals surface area contributed by atoms with Crippen molar-refractivity contribution < 1.29 is 22.9 Å². The van der Waals surface area contributed by atoms with Crippen molar-refractivity contribution in [3.05, 3.63) is 57.6 Å². The van der Waals surface area contributed by atoms with Gasteiger partial charge in [-0.25, -0.2) is 13.4 Å². The Morgan fingerprint density at radius 1 is 1.28 bits per heavy atom. The highest BCUT2D eigenvalue weighted by Gasteiger charge is 2.22. The van der Waals surface area contributed by atoms with Crippen molar-refractivity contribution in [3.63, 3.8) is 0 Å². The van der Waals surface area contributed by atoms with E-state index in [2.05, 4.69) is 15.0 Å². The molecule has 0 radical (unpaired) electrons. The molecule has 2 aromatic carbocycles. The highest BCUT2D eigenvalue weighted by Crippen LogP contribution is 2.27. The molecule has 152 valence electrons. The second kappa shape index (κ2) is 8.51. The zero-order chi connectivity index (χ0) is 21.0. The molecule has 1 heterocycles. The maximum Gasteiger partial charge on any atom is 0.321 e. The molecule has 10 nitrogen and oxygen atoms in total. The number of ether oxygens (including phenoxy) is 1. The van der Waals surface area contributed by atoms with Gasteiger partial charge in [0.25, 0.3) is 5.69 Å². The van der Waals surface area contributed by atoms with Crippen molar-refractivity contribution in [1.29, 1.82) is 0 Å². The number of nitrogens with zero attached hydrogens (tertiary/aromatic N) is 2. The van der Waals surface area contributed by atoms with Crippen LogP contribution in [-0.2, 0) is 26.2 Å². The molecule has 0 spiro atoms. The van der Waals surface area contributed by atoms with Crippen LogP contribution in [0.1, 0.15) is 5.01 Å². The predicted octanol–water partition coefficient (Wildman–Crippen LogP) is 2.27. The largest absolute Gasteiger partial charge is 0.457 e. The van der Waals surface area contributed by atoms with Crippen molar-refractivity contribution in [2.75, 3.05) is 18.9 Å². The van der Waals surface area contributed by atoms with Crippen LogP contribution in [0.5, 0.6) is 0 Å². The number of hydrogen-bond acceptors (Lipinski definition) is 9. The summed E-state index contributed by atoms with van der Waals surface area (Å²) in [7, 11) is -2.65. The lowest BCUT2D eigenvalue weighted by molar-refractivity contribution is -0.384. The summed E-state index contributed by atoms with van der Waals surface area (Å²) in [6.07, 6.45) is 0. The van der Waals surface area contributed by atoms with Gasteiger partial charge < -0.3 is 10.1 Å². The zero-order valence-corrected chi connectivity index (χ0v) is 16.7. The van der Waals surface area contributed by atoms with Gasteiger partial charge in [-0.2, -0.15) is 4.72 Å². The number of nitro benzene ring substituents is 1. The van der Waals surface area contributed by atoms with Gasteiger partial charge in [0.15, 0.2) is 0 Å². The topological polar surface area (TPSA) is 141 Å². The molecular weight excluding hydrogens is 420 g/mol. The molecule has 0 atom stereocenters. The molecular formula is C17H16N4O6S2. The number of fused-ring (bicyclic) bond motifs is 1. The summed E-state index contributed by atoms with van der Waals surface area (Å²) in [4.78, 5) is 26.3. The van der Waals surface area contributed by atoms with Crippen molar-refractivity contribution in [2.24, 2.45) is 0 Å². The first-order chi connectivity index (χ1) is 13.8. The number of nitro groups is 1. The lowest BCUT2D eigenvalue weighted by Crippen LogP contribution is -2.30. The summed E-state index contributed by atoms with van der Waals surface area (Å²) in [6.45, 7) is -0.697. The summed E-state index contributed by atoms with van der Waals surface area (Å²) in [5.41, 5.74) is 0.564. The predicted molar refractivity (Wildman–Crippen MR) is 107 cm³/mol. The smallest absolute Gasteiger partial charge is 0.321 e. The van der Waals surface area contributed by atoms with Gasteiger partial charge in [-0.3, -0.25) is 14.9 Å². The molecule has 0 saturated carbocycles. The molecule has 0 aliphatic rings. The van der Waals surface area contributed by atoms with Crippen molar-refractivity contribution in [1.82, 2.24) is 9.71 Å². The first-order valence-electron chi connectivity index (χ1n) is 8.26. The molecule has 3 rings (SSSR count). The summed E-state index contributed by atoms with van der Waals surface area (Å²) in [5.74, 6) is -0.797. The van der Waals surface area contributed by atoms with E-state index in [4.69, 9.17) is 4.74 Å². The third-order valence-corrected chi connectivity index (χ3v) is 6.26. The average molecular weight is 436 g/mol. The van der Waals surface area contributed by atoms with E-state index >= 15 is 0 Å². The summed E-state index contributed by atoms with van der Waals surface area (Å²) < 4.78 is 32.7. The third kappa shape index (κ3) is 4.85. The SMILES string of the molecule is CNc1ccc(S(=O)(=O)NCC(=O)OCc2nc3ccccc3s2)cc1[N+](=O)[O-]. The maximum atomic E-state index is 12.3. The highest BCUT2D eigenvalue weighted by atomic mass is 32.2. The molecule has 3 aromatic rings. The van der Waals surface area contributed by atoms with Gasteiger partial charge in [0, 0.05) is 13.1 Å². The Morgan fingerprint density at radius 2 is 2.03 bits per heavy atom. The van der Waals surface area contributed by atoms with E-state index in [1.54, 1.807) is 0 Å². The number of para-hydroxylation sites is 1. The molecule has 0 saturated heterocycles. The van der Waals surface area contributed by atoms with Crippen molar-refractivity contribution in [2.45, 2.75) is 11.5 Å².